The van der Waals surface area contributed by atoms with Gasteiger partial charge in [0, 0.05) is 38.3 Å². The predicted molar refractivity (Wildman–Crippen MR) is 142 cm³/mol. The fraction of sp³-hybridized carbons (Fsp3) is 0.517. The molecule has 2 aromatic rings. The minimum atomic E-state index is -0.0974. The lowest BCUT2D eigenvalue weighted by atomic mass is 9.93. The van der Waals surface area contributed by atoms with Crippen molar-refractivity contribution in [1.29, 1.82) is 0 Å². The van der Waals surface area contributed by atoms with Crippen LogP contribution in [0.1, 0.15) is 48.2 Å². The van der Waals surface area contributed by atoms with E-state index in [2.05, 4.69) is 10.2 Å². The highest BCUT2D eigenvalue weighted by molar-refractivity contribution is 5.94. The Morgan fingerprint density at radius 1 is 1.03 bits per heavy atom. The molecule has 1 atom stereocenters. The highest BCUT2D eigenvalue weighted by Crippen LogP contribution is 2.34. The van der Waals surface area contributed by atoms with Gasteiger partial charge in [0.1, 0.15) is 5.75 Å². The quantitative estimate of drug-likeness (QED) is 0.557. The summed E-state index contributed by atoms with van der Waals surface area (Å²) >= 11 is 0. The van der Waals surface area contributed by atoms with Gasteiger partial charge in [0.2, 0.25) is 5.91 Å². The van der Waals surface area contributed by atoms with E-state index in [1.54, 1.807) is 26.4 Å². The Labute approximate surface area is 219 Å². The highest BCUT2D eigenvalue weighted by atomic mass is 16.5. The zero-order valence-corrected chi connectivity index (χ0v) is 22.4. The van der Waals surface area contributed by atoms with Crippen LogP contribution in [0.2, 0.25) is 0 Å². The molecule has 0 saturated carbocycles. The SMILES string of the molecule is COc1cc2c(cc1OC)CN(C(=O)C1CCCN(CCNC(=O)c3ccc(OC(C)C)cc3)C1)CC2. The largest absolute Gasteiger partial charge is 0.493 e. The number of amides is 2. The van der Waals surface area contributed by atoms with E-state index in [1.165, 1.54) is 5.56 Å². The van der Waals surface area contributed by atoms with E-state index >= 15 is 0 Å². The molecule has 1 saturated heterocycles. The number of benzene rings is 2. The molecule has 2 heterocycles. The average molecular weight is 510 g/mol. The summed E-state index contributed by atoms with van der Waals surface area (Å²) in [5.41, 5.74) is 2.95. The molecule has 0 aromatic heterocycles. The molecule has 1 N–H and O–H groups in total. The van der Waals surface area contributed by atoms with Crippen LogP contribution >= 0.6 is 0 Å². The number of ether oxygens (including phenoxy) is 3. The van der Waals surface area contributed by atoms with E-state index < -0.39 is 0 Å². The molecule has 1 unspecified atom stereocenters. The smallest absolute Gasteiger partial charge is 0.251 e. The van der Waals surface area contributed by atoms with Crippen molar-refractivity contribution in [2.75, 3.05) is 46.9 Å². The number of hydrogen-bond acceptors (Lipinski definition) is 6. The van der Waals surface area contributed by atoms with E-state index in [9.17, 15) is 9.59 Å². The van der Waals surface area contributed by atoms with Crippen LogP contribution in [-0.2, 0) is 17.8 Å². The molecule has 2 aliphatic heterocycles. The number of nitrogens with zero attached hydrogens (tertiary/aromatic N) is 2. The number of carbonyl (C=O) groups is 2. The summed E-state index contributed by atoms with van der Waals surface area (Å²) < 4.78 is 16.5. The minimum Gasteiger partial charge on any atom is -0.493 e. The number of hydrogen-bond donors (Lipinski definition) is 1. The zero-order chi connectivity index (χ0) is 26.4. The van der Waals surface area contributed by atoms with E-state index in [0.29, 0.717) is 24.4 Å². The van der Waals surface area contributed by atoms with Crippen molar-refractivity contribution in [2.24, 2.45) is 5.92 Å². The van der Waals surface area contributed by atoms with Crippen molar-refractivity contribution in [1.82, 2.24) is 15.1 Å². The first kappa shape index (κ1) is 26.8. The summed E-state index contributed by atoms with van der Waals surface area (Å²) in [7, 11) is 3.27. The van der Waals surface area contributed by atoms with Crippen molar-refractivity contribution >= 4 is 11.8 Å². The van der Waals surface area contributed by atoms with E-state index in [0.717, 1.165) is 62.5 Å². The monoisotopic (exact) mass is 509 g/mol. The summed E-state index contributed by atoms with van der Waals surface area (Å²) in [5, 5.41) is 3.01. The van der Waals surface area contributed by atoms with Crippen molar-refractivity contribution in [2.45, 2.75) is 45.8 Å². The normalized spacial score (nSPS) is 17.8. The van der Waals surface area contributed by atoms with Crippen LogP contribution in [0.15, 0.2) is 36.4 Å². The molecule has 37 heavy (non-hydrogen) atoms. The molecule has 200 valence electrons. The lowest BCUT2D eigenvalue weighted by molar-refractivity contribution is -0.138. The van der Waals surface area contributed by atoms with Crippen LogP contribution in [0.3, 0.4) is 0 Å². The molecule has 8 nitrogen and oxygen atoms in total. The minimum absolute atomic E-state index is 0.0142. The molecule has 0 aliphatic carbocycles. The third-order valence-electron chi connectivity index (χ3n) is 7.09. The van der Waals surface area contributed by atoms with Gasteiger partial charge >= 0.3 is 0 Å². The maximum atomic E-state index is 13.4. The third kappa shape index (κ3) is 6.74. The molecule has 2 aliphatic rings. The van der Waals surface area contributed by atoms with Gasteiger partial charge in [-0.3, -0.25) is 9.59 Å². The number of methoxy groups -OCH3 is 2. The van der Waals surface area contributed by atoms with Crippen LogP contribution in [0.5, 0.6) is 17.2 Å². The fourth-order valence-corrected chi connectivity index (χ4v) is 5.18. The maximum Gasteiger partial charge on any atom is 0.251 e. The van der Waals surface area contributed by atoms with Crippen LogP contribution in [0.4, 0.5) is 0 Å². The standard InChI is InChI=1S/C29H39N3O5/c1-20(2)37-25-9-7-21(8-10-25)28(33)30-12-15-31-13-5-6-23(18-31)29(34)32-14-11-22-16-26(35-3)27(36-4)17-24(22)19-32/h7-10,16-17,20,23H,5-6,11-15,18-19H2,1-4H3,(H,30,33). The number of fused-ring (bicyclic) bond motifs is 1. The summed E-state index contributed by atoms with van der Waals surface area (Å²) in [6, 6.07) is 11.2. The van der Waals surface area contributed by atoms with Gasteiger partial charge in [-0.05, 0) is 87.2 Å². The van der Waals surface area contributed by atoms with Crippen molar-refractivity contribution in [3.63, 3.8) is 0 Å². The Morgan fingerprint density at radius 2 is 1.73 bits per heavy atom. The number of piperidine rings is 1. The second-order valence-corrected chi connectivity index (χ2v) is 10.1. The van der Waals surface area contributed by atoms with Gasteiger partial charge in [-0.15, -0.1) is 0 Å². The molecule has 0 radical (unpaired) electrons. The summed E-state index contributed by atoms with van der Waals surface area (Å²) in [6.07, 6.45) is 2.80. The van der Waals surface area contributed by atoms with Crippen LogP contribution in [0, 0.1) is 5.92 Å². The van der Waals surface area contributed by atoms with Crippen LogP contribution in [0.25, 0.3) is 0 Å². The Balaban J connectivity index is 1.26. The van der Waals surface area contributed by atoms with Gasteiger partial charge in [-0.2, -0.15) is 0 Å². The second-order valence-electron chi connectivity index (χ2n) is 10.1. The van der Waals surface area contributed by atoms with E-state index in [4.69, 9.17) is 14.2 Å². The van der Waals surface area contributed by atoms with E-state index in [-0.39, 0.29) is 23.8 Å². The number of nitrogens with one attached hydrogen (secondary N) is 1. The average Bonchev–Trinajstić information content (AvgIpc) is 2.91. The van der Waals surface area contributed by atoms with Crippen LogP contribution < -0.4 is 19.5 Å². The van der Waals surface area contributed by atoms with Gasteiger partial charge in [-0.25, -0.2) is 0 Å². The topological polar surface area (TPSA) is 80.3 Å². The van der Waals surface area contributed by atoms with Gasteiger partial charge < -0.3 is 29.3 Å². The molecule has 0 bridgehead atoms. The zero-order valence-electron chi connectivity index (χ0n) is 22.4. The highest BCUT2D eigenvalue weighted by Gasteiger charge is 2.31. The molecule has 0 spiro atoms. The Kier molecular flexibility index (Phi) is 8.92. The van der Waals surface area contributed by atoms with Crippen LogP contribution in [-0.4, -0.2) is 74.7 Å². The number of rotatable bonds is 9. The Morgan fingerprint density at radius 3 is 2.41 bits per heavy atom. The molecule has 2 amide bonds. The Bertz CT molecular complexity index is 1090. The predicted octanol–water partition coefficient (Wildman–Crippen LogP) is 3.52. The maximum absolute atomic E-state index is 13.4. The fourth-order valence-electron chi connectivity index (χ4n) is 5.18. The van der Waals surface area contributed by atoms with Gasteiger partial charge in [0.25, 0.3) is 5.91 Å². The van der Waals surface area contributed by atoms with Gasteiger partial charge in [0.05, 0.1) is 26.2 Å². The Hall–Kier alpha value is -3.26. The summed E-state index contributed by atoms with van der Waals surface area (Å²) in [5.74, 6) is 2.29. The second kappa shape index (κ2) is 12.3. The molecule has 2 aromatic carbocycles. The summed E-state index contributed by atoms with van der Waals surface area (Å²) in [4.78, 5) is 30.2. The first-order valence-electron chi connectivity index (χ1n) is 13.2. The molecule has 4 rings (SSSR count). The van der Waals surface area contributed by atoms with Gasteiger partial charge in [0.15, 0.2) is 11.5 Å². The number of carbonyl (C=O) groups excluding carboxylic acids is 2. The summed E-state index contributed by atoms with van der Waals surface area (Å²) in [6.45, 7) is 8.20. The molecular weight excluding hydrogens is 470 g/mol. The first-order valence-corrected chi connectivity index (χ1v) is 13.2. The molecule has 8 heteroatoms. The lowest BCUT2D eigenvalue weighted by Crippen LogP contribution is -2.47. The first-order chi connectivity index (χ1) is 17.9. The van der Waals surface area contributed by atoms with Crippen molar-refractivity contribution < 1.29 is 23.8 Å². The lowest BCUT2D eigenvalue weighted by Gasteiger charge is -2.37. The van der Waals surface area contributed by atoms with Crippen molar-refractivity contribution in [3.8, 4) is 17.2 Å². The van der Waals surface area contributed by atoms with Crippen molar-refractivity contribution in [3.05, 3.63) is 53.1 Å². The van der Waals surface area contributed by atoms with Gasteiger partial charge in [-0.1, -0.05) is 0 Å². The van der Waals surface area contributed by atoms with E-state index in [1.807, 2.05) is 43.0 Å². The molecular formula is C29H39N3O5. The molecule has 1 fully saturated rings. The third-order valence-corrected chi connectivity index (χ3v) is 7.09. The number of likely N-dealkylation sites (tertiary alicyclic amines) is 1.